The highest BCUT2D eigenvalue weighted by Gasteiger charge is 2.55. The van der Waals surface area contributed by atoms with Gasteiger partial charge in [0.1, 0.15) is 0 Å². The molecule has 0 aliphatic carbocycles. The number of anilines is 1. The molecule has 0 saturated carbocycles. The molecule has 1 unspecified atom stereocenters. The standard InChI is InChI=1S/C13H17F3N2O/c1-4-18(10-7-5-9(2)6-8-10)11(19)12(3,17)13(14,15)16/h5-8H,4,17H2,1-3H3. The molecule has 2 N–H and O–H groups in total. The summed E-state index contributed by atoms with van der Waals surface area (Å²) in [5.41, 5.74) is 3.63. The van der Waals surface area contributed by atoms with Crippen molar-refractivity contribution in [3.8, 4) is 0 Å². The molecule has 1 aromatic carbocycles. The van der Waals surface area contributed by atoms with Crippen molar-refractivity contribution in [2.45, 2.75) is 32.5 Å². The van der Waals surface area contributed by atoms with E-state index in [4.69, 9.17) is 5.73 Å². The van der Waals surface area contributed by atoms with E-state index in [1.165, 1.54) is 0 Å². The minimum absolute atomic E-state index is 0.116. The number of aryl methyl sites for hydroxylation is 1. The lowest BCUT2D eigenvalue weighted by molar-refractivity contribution is -0.185. The Kier molecular flexibility index (Phi) is 4.25. The molecule has 0 aliphatic rings. The molecule has 1 aromatic rings. The van der Waals surface area contributed by atoms with Crippen molar-refractivity contribution in [3.63, 3.8) is 0 Å². The van der Waals surface area contributed by atoms with E-state index in [2.05, 4.69) is 0 Å². The van der Waals surface area contributed by atoms with E-state index >= 15 is 0 Å². The van der Waals surface area contributed by atoms with Crippen LogP contribution in [-0.4, -0.2) is 24.2 Å². The molecule has 0 saturated heterocycles. The molecule has 0 spiro atoms. The fourth-order valence-corrected chi connectivity index (χ4v) is 1.57. The number of halogens is 3. The molecule has 1 rings (SSSR count). The fraction of sp³-hybridized carbons (Fsp3) is 0.462. The number of carbonyl (C=O) groups is 1. The van der Waals surface area contributed by atoms with Gasteiger partial charge < -0.3 is 10.6 Å². The van der Waals surface area contributed by atoms with Crippen LogP contribution in [-0.2, 0) is 4.79 Å². The molecule has 3 nitrogen and oxygen atoms in total. The predicted molar refractivity (Wildman–Crippen MR) is 67.9 cm³/mol. The Morgan fingerprint density at radius 3 is 2.11 bits per heavy atom. The molecule has 0 heterocycles. The molecule has 0 bridgehead atoms. The van der Waals surface area contributed by atoms with E-state index in [0.29, 0.717) is 12.6 Å². The largest absolute Gasteiger partial charge is 0.415 e. The summed E-state index contributed by atoms with van der Waals surface area (Å²) in [6, 6.07) is 6.66. The Hall–Kier alpha value is -1.56. The molecular weight excluding hydrogens is 257 g/mol. The number of carbonyl (C=O) groups excluding carboxylic acids is 1. The maximum Gasteiger partial charge on any atom is 0.415 e. The van der Waals surface area contributed by atoms with Gasteiger partial charge in [0.25, 0.3) is 5.91 Å². The lowest BCUT2D eigenvalue weighted by Crippen LogP contribution is -2.62. The number of benzene rings is 1. The normalized spacial score (nSPS) is 14.9. The second-order valence-corrected chi connectivity index (χ2v) is 4.59. The lowest BCUT2D eigenvalue weighted by Gasteiger charge is -2.32. The first-order valence-electron chi connectivity index (χ1n) is 5.85. The number of likely N-dealkylation sites (N-methyl/N-ethyl adjacent to an activating group) is 1. The van der Waals surface area contributed by atoms with Gasteiger partial charge >= 0.3 is 6.18 Å². The van der Waals surface area contributed by atoms with Crippen molar-refractivity contribution in [2.75, 3.05) is 11.4 Å². The molecule has 0 fully saturated rings. The fourth-order valence-electron chi connectivity index (χ4n) is 1.57. The zero-order valence-electron chi connectivity index (χ0n) is 11.1. The van der Waals surface area contributed by atoms with Crippen LogP contribution in [0.5, 0.6) is 0 Å². The van der Waals surface area contributed by atoms with E-state index in [1.807, 2.05) is 6.92 Å². The maximum atomic E-state index is 12.8. The first kappa shape index (κ1) is 15.5. The number of amides is 1. The average molecular weight is 274 g/mol. The van der Waals surface area contributed by atoms with Crippen molar-refractivity contribution in [1.29, 1.82) is 0 Å². The smallest absolute Gasteiger partial charge is 0.311 e. The van der Waals surface area contributed by atoms with Gasteiger partial charge in [-0.3, -0.25) is 4.79 Å². The Balaban J connectivity index is 3.11. The maximum absolute atomic E-state index is 12.8. The Morgan fingerprint density at radius 1 is 1.26 bits per heavy atom. The first-order chi connectivity index (χ1) is 8.61. The average Bonchev–Trinajstić information content (AvgIpc) is 2.30. The van der Waals surface area contributed by atoms with Crippen LogP contribution in [0.4, 0.5) is 18.9 Å². The van der Waals surface area contributed by atoms with E-state index < -0.39 is 17.6 Å². The molecule has 1 amide bonds. The minimum Gasteiger partial charge on any atom is -0.311 e. The molecule has 6 heteroatoms. The zero-order valence-corrected chi connectivity index (χ0v) is 11.1. The van der Waals surface area contributed by atoms with Crippen molar-refractivity contribution >= 4 is 11.6 Å². The van der Waals surface area contributed by atoms with Crippen molar-refractivity contribution in [1.82, 2.24) is 0 Å². The van der Waals surface area contributed by atoms with Gasteiger partial charge in [-0.2, -0.15) is 13.2 Å². The van der Waals surface area contributed by atoms with Crippen molar-refractivity contribution < 1.29 is 18.0 Å². The Bertz CT molecular complexity index is 452. The topological polar surface area (TPSA) is 46.3 Å². The van der Waals surface area contributed by atoms with Crippen LogP contribution in [0.2, 0.25) is 0 Å². The van der Waals surface area contributed by atoms with Crippen LogP contribution in [0, 0.1) is 6.92 Å². The quantitative estimate of drug-likeness (QED) is 0.921. The van der Waals surface area contributed by atoms with Crippen molar-refractivity contribution in [2.24, 2.45) is 5.73 Å². The highest BCUT2D eigenvalue weighted by atomic mass is 19.4. The van der Waals surface area contributed by atoms with Gasteiger partial charge in [0.15, 0.2) is 5.54 Å². The second-order valence-electron chi connectivity index (χ2n) is 4.59. The van der Waals surface area contributed by atoms with Gasteiger partial charge in [-0.25, -0.2) is 0 Å². The number of alkyl halides is 3. The van der Waals surface area contributed by atoms with Gasteiger partial charge in [-0.1, -0.05) is 17.7 Å². The molecule has 19 heavy (non-hydrogen) atoms. The van der Waals surface area contributed by atoms with E-state index in [0.717, 1.165) is 10.5 Å². The lowest BCUT2D eigenvalue weighted by atomic mass is 10.0. The summed E-state index contributed by atoms with van der Waals surface area (Å²) < 4.78 is 38.4. The summed E-state index contributed by atoms with van der Waals surface area (Å²) in [6.07, 6.45) is -4.79. The number of rotatable bonds is 3. The van der Waals surface area contributed by atoms with Crippen LogP contribution in [0.25, 0.3) is 0 Å². The van der Waals surface area contributed by atoms with Gasteiger partial charge in [0.2, 0.25) is 0 Å². The van der Waals surface area contributed by atoms with Crippen molar-refractivity contribution in [3.05, 3.63) is 29.8 Å². The summed E-state index contributed by atoms with van der Waals surface area (Å²) in [7, 11) is 0. The van der Waals surface area contributed by atoms with Crippen LogP contribution < -0.4 is 10.6 Å². The molecular formula is C13H17F3N2O. The number of nitrogens with two attached hydrogens (primary N) is 1. The van der Waals surface area contributed by atoms with Gasteiger partial charge in [0.05, 0.1) is 0 Å². The molecule has 0 radical (unpaired) electrons. The number of hydrogen-bond acceptors (Lipinski definition) is 2. The van der Waals surface area contributed by atoms with Gasteiger partial charge in [-0.15, -0.1) is 0 Å². The highest BCUT2D eigenvalue weighted by molar-refractivity contribution is 6.00. The first-order valence-corrected chi connectivity index (χ1v) is 5.85. The van der Waals surface area contributed by atoms with E-state index in [-0.39, 0.29) is 6.54 Å². The summed E-state index contributed by atoms with van der Waals surface area (Å²) in [5, 5.41) is 0. The van der Waals surface area contributed by atoms with Crippen LogP contribution in [0.3, 0.4) is 0 Å². The van der Waals surface area contributed by atoms with Gasteiger partial charge in [0, 0.05) is 12.2 Å². The Labute approximate surface area is 110 Å². The molecule has 0 aliphatic heterocycles. The summed E-state index contributed by atoms with van der Waals surface area (Å²) in [4.78, 5) is 13.0. The third kappa shape index (κ3) is 3.07. The Morgan fingerprint density at radius 2 is 1.74 bits per heavy atom. The van der Waals surface area contributed by atoms with Crippen LogP contribution >= 0.6 is 0 Å². The predicted octanol–water partition coefficient (Wildman–Crippen LogP) is 2.63. The molecule has 106 valence electrons. The van der Waals surface area contributed by atoms with Gasteiger partial charge in [-0.05, 0) is 32.9 Å². The third-order valence-electron chi connectivity index (χ3n) is 2.94. The number of hydrogen-bond donors (Lipinski definition) is 1. The van der Waals surface area contributed by atoms with Crippen LogP contribution in [0.1, 0.15) is 19.4 Å². The summed E-state index contributed by atoms with van der Waals surface area (Å²) in [6.45, 7) is 4.26. The number of nitrogens with zero attached hydrogens (tertiary/aromatic N) is 1. The summed E-state index contributed by atoms with van der Waals surface area (Å²) >= 11 is 0. The van der Waals surface area contributed by atoms with E-state index in [9.17, 15) is 18.0 Å². The minimum atomic E-state index is -4.79. The monoisotopic (exact) mass is 274 g/mol. The molecule has 0 aromatic heterocycles. The van der Waals surface area contributed by atoms with E-state index in [1.54, 1.807) is 31.2 Å². The van der Waals surface area contributed by atoms with Crippen LogP contribution in [0.15, 0.2) is 24.3 Å². The highest BCUT2D eigenvalue weighted by Crippen LogP contribution is 2.31. The summed E-state index contributed by atoms with van der Waals surface area (Å²) in [5.74, 6) is -1.16. The second kappa shape index (κ2) is 5.21. The molecule has 1 atom stereocenters. The SMILES string of the molecule is CCN(C(=O)C(C)(N)C(F)(F)F)c1ccc(C)cc1. The third-order valence-corrected chi connectivity index (χ3v) is 2.94. The zero-order chi connectivity index (χ0) is 14.8.